The van der Waals surface area contributed by atoms with E-state index in [2.05, 4.69) is 5.10 Å². The second-order valence-corrected chi connectivity index (χ2v) is 2.38. The van der Waals surface area contributed by atoms with Crippen LogP contribution < -0.4 is 0 Å². The summed E-state index contributed by atoms with van der Waals surface area (Å²) in [5.74, 6) is 0. The molecule has 2 aromatic heterocycles. The van der Waals surface area contributed by atoms with E-state index in [1.54, 1.807) is 29.2 Å². The minimum atomic E-state index is -0.527. The highest BCUT2D eigenvalue weighted by atomic mass is 35.5. The van der Waals surface area contributed by atoms with E-state index in [0.717, 1.165) is 0 Å². The summed E-state index contributed by atoms with van der Waals surface area (Å²) in [5, 5.41) is 3.38. The van der Waals surface area contributed by atoms with E-state index >= 15 is 0 Å². The van der Waals surface area contributed by atoms with E-state index in [1.165, 1.54) is 4.57 Å². The maximum absolute atomic E-state index is 10.7. The first-order chi connectivity index (χ1) is 5.29. The van der Waals surface area contributed by atoms with Crippen LogP contribution in [0.25, 0.3) is 5.65 Å². The van der Waals surface area contributed by atoms with Crippen LogP contribution >= 0.6 is 11.6 Å². The van der Waals surface area contributed by atoms with Crippen molar-refractivity contribution in [2.24, 2.45) is 0 Å². The number of rotatable bonds is 0. The SMILES string of the molecule is O=C(Cl)n1ccn2nccc12. The summed E-state index contributed by atoms with van der Waals surface area (Å²) in [6.07, 6.45) is 4.83. The van der Waals surface area contributed by atoms with Gasteiger partial charge < -0.3 is 0 Å². The van der Waals surface area contributed by atoms with Crippen LogP contribution in [0.15, 0.2) is 24.7 Å². The van der Waals surface area contributed by atoms with Crippen LogP contribution in [0, 0.1) is 0 Å². The lowest BCUT2D eigenvalue weighted by molar-refractivity contribution is 0.261. The Morgan fingerprint density at radius 3 is 3.09 bits per heavy atom. The molecule has 0 aliphatic rings. The molecule has 0 atom stereocenters. The third-order valence-electron chi connectivity index (χ3n) is 1.44. The number of aromatic nitrogens is 3. The first-order valence-electron chi connectivity index (χ1n) is 2.99. The van der Waals surface area contributed by atoms with Gasteiger partial charge in [-0.2, -0.15) is 5.10 Å². The van der Waals surface area contributed by atoms with Crippen molar-refractivity contribution in [2.75, 3.05) is 0 Å². The van der Waals surface area contributed by atoms with E-state index in [0.29, 0.717) is 5.65 Å². The summed E-state index contributed by atoms with van der Waals surface area (Å²) in [7, 11) is 0. The molecule has 0 bridgehead atoms. The van der Waals surface area contributed by atoms with Crippen LogP contribution in [-0.2, 0) is 0 Å². The van der Waals surface area contributed by atoms with Crippen LogP contribution in [0.2, 0.25) is 0 Å². The number of fused-ring (bicyclic) bond motifs is 1. The Labute approximate surface area is 67.0 Å². The van der Waals surface area contributed by atoms with Gasteiger partial charge >= 0.3 is 5.37 Å². The Hall–Kier alpha value is -1.29. The number of hydrogen-bond acceptors (Lipinski definition) is 2. The number of halogens is 1. The second-order valence-electron chi connectivity index (χ2n) is 2.06. The molecular weight excluding hydrogens is 166 g/mol. The zero-order chi connectivity index (χ0) is 7.84. The number of hydrogen-bond donors (Lipinski definition) is 0. The van der Waals surface area contributed by atoms with Gasteiger partial charge in [-0.15, -0.1) is 0 Å². The molecule has 0 saturated heterocycles. The van der Waals surface area contributed by atoms with Crippen LogP contribution in [-0.4, -0.2) is 19.5 Å². The molecule has 0 N–H and O–H groups in total. The van der Waals surface area contributed by atoms with Gasteiger partial charge in [-0.25, -0.2) is 4.52 Å². The molecule has 0 fully saturated rings. The van der Waals surface area contributed by atoms with Crippen molar-refractivity contribution in [2.45, 2.75) is 0 Å². The molecule has 0 aliphatic heterocycles. The Morgan fingerprint density at radius 2 is 2.36 bits per heavy atom. The molecule has 0 aromatic carbocycles. The Balaban J connectivity index is 2.78. The van der Waals surface area contributed by atoms with Crippen LogP contribution in [0.3, 0.4) is 0 Å². The van der Waals surface area contributed by atoms with Crippen molar-refractivity contribution in [3.63, 3.8) is 0 Å². The fourth-order valence-corrected chi connectivity index (χ4v) is 1.11. The third kappa shape index (κ3) is 0.832. The van der Waals surface area contributed by atoms with Crippen molar-refractivity contribution >= 4 is 22.6 Å². The van der Waals surface area contributed by atoms with Crippen molar-refractivity contribution in [3.8, 4) is 0 Å². The molecule has 5 heteroatoms. The molecule has 2 aromatic rings. The Bertz CT molecular complexity index is 403. The largest absolute Gasteiger partial charge is 0.326 e. The molecule has 11 heavy (non-hydrogen) atoms. The smallest absolute Gasteiger partial charge is 0.256 e. The van der Waals surface area contributed by atoms with Crippen molar-refractivity contribution in [1.82, 2.24) is 14.2 Å². The number of nitrogens with zero attached hydrogens (tertiary/aromatic N) is 3. The highest BCUT2D eigenvalue weighted by Crippen LogP contribution is 2.04. The summed E-state index contributed by atoms with van der Waals surface area (Å²) >= 11 is 5.26. The maximum atomic E-state index is 10.7. The predicted octanol–water partition coefficient (Wildman–Crippen LogP) is 1.34. The van der Waals surface area contributed by atoms with E-state index in [4.69, 9.17) is 11.6 Å². The molecule has 0 spiro atoms. The van der Waals surface area contributed by atoms with Gasteiger partial charge in [0.1, 0.15) is 5.65 Å². The van der Waals surface area contributed by atoms with Crippen LogP contribution in [0.4, 0.5) is 4.79 Å². The van der Waals surface area contributed by atoms with Gasteiger partial charge in [0.25, 0.3) is 0 Å². The van der Waals surface area contributed by atoms with Crippen LogP contribution in [0.5, 0.6) is 0 Å². The van der Waals surface area contributed by atoms with E-state index < -0.39 is 5.37 Å². The molecule has 0 amide bonds. The van der Waals surface area contributed by atoms with E-state index in [-0.39, 0.29) is 0 Å². The molecular formula is C6H4ClN3O. The minimum absolute atomic E-state index is 0.527. The standard InChI is InChI=1S/C6H4ClN3O/c7-6(11)9-3-4-10-5(9)1-2-8-10/h1-4H. The predicted molar refractivity (Wildman–Crippen MR) is 39.8 cm³/mol. The molecule has 0 radical (unpaired) electrons. The molecule has 2 rings (SSSR count). The second kappa shape index (κ2) is 2.10. The van der Waals surface area contributed by atoms with Gasteiger partial charge in [0.15, 0.2) is 0 Å². The monoisotopic (exact) mass is 169 g/mol. The highest BCUT2D eigenvalue weighted by Gasteiger charge is 2.04. The summed E-state index contributed by atoms with van der Waals surface area (Å²) in [6, 6.07) is 1.71. The number of imidazole rings is 1. The van der Waals surface area contributed by atoms with Crippen LogP contribution in [0.1, 0.15) is 0 Å². The zero-order valence-corrected chi connectivity index (χ0v) is 6.19. The molecule has 0 aliphatic carbocycles. The van der Waals surface area contributed by atoms with E-state index in [1.807, 2.05) is 0 Å². The fourth-order valence-electron chi connectivity index (χ4n) is 0.968. The number of carbonyl (C=O) groups excluding carboxylic acids is 1. The third-order valence-corrected chi connectivity index (χ3v) is 1.62. The summed E-state index contributed by atoms with van der Waals surface area (Å²) < 4.78 is 2.88. The van der Waals surface area contributed by atoms with Crippen molar-refractivity contribution < 1.29 is 4.79 Å². The average molecular weight is 170 g/mol. The fraction of sp³-hybridized carbons (Fsp3) is 0. The van der Waals surface area contributed by atoms with Crippen molar-refractivity contribution in [1.29, 1.82) is 0 Å². The lowest BCUT2D eigenvalue weighted by atomic mass is 10.7. The normalized spacial score (nSPS) is 10.6. The number of carbonyl (C=O) groups is 1. The lowest BCUT2D eigenvalue weighted by Gasteiger charge is -1.90. The summed E-state index contributed by atoms with van der Waals surface area (Å²) in [6.45, 7) is 0. The van der Waals surface area contributed by atoms with Gasteiger partial charge in [-0.05, 0) is 11.6 Å². The first kappa shape index (κ1) is 6.42. The molecule has 4 nitrogen and oxygen atoms in total. The van der Waals surface area contributed by atoms with Gasteiger partial charge in [0.2, 0.25) is 0 Å². The van der Waals surface area contributed by atoms with Gasteiger partial charge in [0, 0.05) is 18.5 Å². The maximum Gasteiger partial charge on any atom is 0.326 e. The topological polar surface area (TPSA) is 39.3 Å². The van der Waals surface area contributed by atoms with E-state index in [9.17, 15) is 4.79 Å². The summed E-state index contributed by atoms with van der Waals surface area (Å²) in [5.41, 5.74) is 0.671. The zero-order valence-electron chi connectivity index (χ0n) is 5.44. The molecule has 56 valence electrons. The average Bonchev–Trinajstić information content (AvgIpc) is 2.41. The Kier molecular flexibility index (Phi) is 1.22. The quantitative estimate of drug-likeness (QED) is 0.559. The molecule has 2 heterocycles. The van der Waals surface area contributed by atoms with Gasteiger partial charge in [-0.3, -0.25) is 9.36 Å². The Morgan fingerprint density at radius 1 is 1.55 bits per heavy atom. The lowest BCUT2D eigenvalue weighted by Crippen LogP contribution is -1.98. The molecule has 0 saturated carbocycles. The minimum Gasteiger partial charge on any atom is -0.256 e. The molecule has 0 unspecified atom stereocenters. The van der Waals surface area contributed by atoms with Crippen molar-refractivity contribution in [3.05, 3.63) is 24.7 Å². The van der Waals surface area contributed by atoms with Gasteiger partial charge in [0.05, 0.1) is 6.20 Å². The highest BCUT2D eigenvalue weighted by molar-refractivity contribution is 6.63. The summed E-state index contributed by atoms with van der Waals surface area (Å²) in [4.78, 5) is 10.7. The van der Waals surface area contributed by atoms with Gasteiger partial charge in [-0.1, -0.05) is 0 Å². The first-order valence-corrected chi connectivity index (χ1v) is 3.37.